The minimum Gasteiger partial charge on any atom is -0.344 e. The predicted octanol–water partition coefficient (Wildman–Crippen LogP) is 2.80. The number of aromatic nitrogens is 2. The van der Waals surface area contributed by atoms with Gasteiger partial charge in [0.25, 0.3) is 0 Å². The van der Waals surface area contributed by atoms with Crippen LogP contribution in [0.15, 0.2) is 23.2 Å². The van der Waals surface area contributed by atoms with E-state index in [4.69, 9.17) is 5.73 Å². The van der Waals surface area contributed by atoms with Crippen molar-refractivity contribution in [1.82, 2.24) is 15.7 Å². The lowest BCUT2D eigenvalue weighted by Gasteiger charge is -2.34. The molecule has 4 nitrogen and oxygen atoms in total. The first kappa shape index (κ1) is 13.4. The summed E-state index contributed by atoms with van der Waals surface area (Å²) in [4.78, 5) is 4.15. The quantitative estimate of drug-likeness (QED) is 0.833. The molecular weight excluding hydrogens is 268 g/mol. The lowest BCUT2D eigenvalue weighted by atomic mass is 9.76. The number of imidazole rings is 1. The van der Waals surface area contributed by atoms with Crippen molar-refractivity contribution in [3.05, 3.63) is 23.2 Å². The highest BCUT2D eigenvalue weighted by Gasteiger charge is 2.29. The summed E-state index contributed by atoms with van der Waals surface area (Å²) in [7, 11) is 0. The number of rotatable bonds is 1. The van der Waals surface area contributed by atoms with Crippen LogP contribution in [0.5, 0.6) is 0 Å². The van der Waals surface area contributed by atoms with Gasteiger partial charge < -0.3 is 16.5 Å². The van der Waals surface area contributed by atoms with Gasteiger partial charge in [0.15, 0.2) is 0 Å². The van der Waals surface area contributed by atoms with Crippen LogP contribution in [-0.4, -0.2) is 15.6 Å². The van der Waals surface area contributed by atoms with E-state index in [1.165, 1.54) is 5.70 Å². The lowest BCUT2D eigenvalue weighted by Crippen LogP contribution is -2.38. The van der Waals surface area contributed by atoms with Crippen molar-refractivity contribution in [2.24, 2.45) is 11.1 Å². The van der Waals surface area contributed by atoms with E-state index < -0.39 is 0 Å². The van der Waals surface area contributed by atoms with Crippen LogP contribution in [0, 0.1) is 5.41 Å². The number of allylic oxidation sites excluding steroid dienone is 1. The number of nitrogens with two attached hydrogens (primary N) is 1. The number of hydrogen-bond acceptors (Lipinski definition) is 3. The van der Waals surface area contributed by atoms with E-state index in [1.807, 2.05) is 17.1 Å². The van der Waals surface area contributed by atoms with Crippen molar-refractivity contribution in [1.29, 1.82) is 0 Å². The van der Waals surface area contributed by atoms with Gasteiger partial charge in [-0.25, -0.2) is 4.98 Å². The van der Waals surface area contributed by atoms with Gasteiger partial charge in [-0.2, -0.15) is 0 Å². The Labute approximate surface area is 105 Å². The fourth-order valence-corrected chi connectivity index (χ4v) is 2.12. The monoisotopic (exact) mass is 286 g/mol. The van der Waals surface area contributed by atoms with E-state index in [1.54, 1.807) is 0 Å². The van der Waals surface area contributed by atoms with E-state index in [-0.39, 0.29) is 17.6 Å². The first-order valence-corrected chi connectivity index (χ1v) is 5.94. The zero-order valence-electron chi connectivity index (χ0n) is 9.78. The topological polar surface area (TPSA) is 78.8 Å². The second-order valence-corrected chi connectivity index (χ2v) is 5.59. The summed E-state index contributed by atoms with van der Waals surface area (Å²) in [5.74, 6) is 0. The molecule has 5 heteroatoms. The molecule has 0 fully saturated rings. The van der Waals surface area contributed by atoms with E-state index >= 15 is 0 Å². The maximum Gasteiger partial charge on any atom is 0.124 e. The van der Waals surface area contributed by atoms with Crippen LogP contribution in [0.1, 0.15) is 26.7 Å². The van der Waals surface area contributed by atoms with Gasteiger partial charge in [-0.15, -0.1) is 0 Å². The summed E-state index contributed by atoms with van der Waals surface area (Å²) in [6, 6.07) is 0.127. The molecule has 1 unspecified atom stereocenters. The third-order valence-corrected chi connectivity index (χ3v) is 3.59. The van der Waals surface area contributed by atoms with Crippen LogP contribution in [-0.2, 0) is 0 Å². The maximum absolute atomic E-state index is 6.13. The molecule has 2 rings (SSSR count). The molecule has 0 bridgehead atoms. The highest BCUT2D eigenvalue weighted by molar-refractivity contribution is 9.10. The normalized spacial score (nSPS) is 23.5. The standard InChI is InChI=1S/C11H16BrN3.H3N/c1-11(2)4-3-8(5-9(11)13)15-6-10(12)14-7-15;/h5-7,9H,3-4,13H2,1-2H3;1H3. The molecule has 0 saturated carbocycles. The Kier molecular flexibility index (Phi) is 3.93. The number of halogens is 1. The molecule has 1 aliphatic rings. The number of hydrogen-bond donors (Lipinski definition) is 2. The largest absolute Gasteiger partial charge is 0.344 e. The highest BCUT2D eigenvalue weighted by Crippen LogP contribution is 2.35. The minimum absolute atomic E-state index is 0. The first-order valence-electron chi connectivity index (χ1n) is 5.15. The first-order chi connectivity index (χ1) is 6.99. The van der Waals surface area contributed by atoms with E-state index in [0.717, 1.165) is 17.4 Å². The molecule has 0 aromatic carbocycles. The van der Waals surface area contributed by atoms with Gasteiger partial charge in [0, 0.05) is 17.9 Å². The zero-order chi connectivity index (χ0) is 11.1. The van der Waals surface area contributed by atoms with Crippen LogP contribution < -0.4 is 11.9 Å². The maximum atomic E-state index is 6.13. The second-order valence-electron chi connectivity index (χ2n) is 4.78. The van der Waals surface area contributed by atoms with Crippen molar-refractivity contribution in [3.8, 4) is 0 Å². The smallest absolute Gasteiger partial charge is 0.124 e. The summed E-state index contributed by atoms with van der Waals surface area (Å²) in [5, 5.41) is 0. The molecule has 0 amide bonds. The van der Waals surface area contributed by atoms with Gasteiger partial charge in [0.05, 0.1) is 0 Å². The highest BCUT2D eigenvalue weighted by atomic mass is 79.9. The van der Waals surface area contributed by atoms with Crippen molar-refractivity contribution < 1.29 is 0 Å². The van der Waals surface area contributed by atoms with Crippen molar-refractivity contribution in [2.45, 2.75) is 32.7 Å². The summed E-state index contributed by atoms with van der Waals surface area (Å²) < 4.78 is 2.90. The molecule has 16 heavy (non-hydrogen) atoms. The average molecular weight is 287 g/mol. The molecular formula is C11H19BrN4. The van der Waals surface area contributed by atoms with Gasteiger partial charge in [-0.3, -0.25) is 0 Å². The Bertz CT molecular complexity index is 394. The SMILES string of the molecule is CC1(C)CCC(n2cnc(Br)c2)=CC1N.N. The summed E-state index contributed by atoms with van der Waals surface area (Å²) >= 11 is 3.35. The van der Waals surface area contributed by atoms with Crippen LogP contribution in [0.3, 0.4) is 0 Å². The molecule has 1 aromatic rings. The van der Waals surface area contributed by atoms with Crippen molar-refractivity contribution >= 4 is 21.6 Å². The summed E-state index contributed by atoms with van der Waals surface area (Å²) in [6.45, 7) is 4.43. The summed E-state index contributed by atoms with van der Waals surface area (Å²) in [5.41, 5.74) is 7.58. The Morgan fingerprint density at radius 3 is 2.75 bits per heavy atom. The molecule has 1 aliphatic carbocycles. The van der Waals surface area contributed by atoms with E-state index in [0.29, 0.717) is 0 Å². The molecule has 0 radical (unpaired) electrons. The minimum atomic E-state index is 0. The van der Waals surface area contributed by atoms with E-state index in [2.05, 4.69) is 40.8 Å². The van der Waals surface area contributed by atoms with Crippen LogP contribution in [0.4, 0.5) is 0 Å². The van der Waals surface area contributed by atoms with Gasteiger partial charge in [0.2, 0.25) is 0 Å². The van der Waals surface area contributed by atoms with E-state index in [9.17, 15) is 0 Å². The lowest BCUT2D eigenvalue weighted by molar-refractivity contribution is 0.290. The van der Waals surface area contributed by atoms with Crippen LogP contribution in [0.25, 0.3) is 5.70 Å². The predicted molar refractivity (Wildman–Crippen MR) is 70.2 cm³/mol. The van der Waals surface area contributed by atoms with Crippen molar-refractivity contribution in [2.75, 3.05) is 0 Å². The zero-order valence-corrected chi connectivity index (χ0v) is 11.4. The molecule has 5 N–H and O–H groups in total. The molecule has 0 spiro atoms. The molecule has 1 heterocycles. The third-order valence-electron chi connectivity index (χ3n) is 3.18. The molecule has 0 saturated heterocycles. The molecule has 1 atom stereocenters. The van der Waals surface area contributed by atoms with Gasteiger partial charge >= 0.3 is 0 Å². The molecule has 1 aromatic heterocycles. The fourth-order valence-electron chi connectivity index (χ4n) is 1.80. The van der Waals surface area contributed by atoms with Gasteiger partial charge in [-0.05, 0) is 40.3 Å². The number of nitrogens with zero attached hydrogens (tertiary/aromatic N) is 2. The molecule has 0 aliphatic heterocycles. The fraction of sp³-hybridized carbons (Fsp3) is 0.545. The van der Waals surface area contributed by atoms with Gasteiger partial charge in [0.1, 0.15) is 10.9 Å². The Morgan fingerprint density at radius 1 is 1.56 bits per heavy atom. The Hall–Kier alpha value is -0.650. The van der Waals surface area contributed by atoms with Crippen molar-refractivity contribution in [3.63, 3.8) is 0 Å². The van der Waals surface area contributed by atoms with Gasteiger partial charge in [-0.1, -0.05) is 13.8 Å². The summed E-state index contributed by atoms with van der Waals surface area (Å²) in [6.07, 6.45) is 8.12. The third kappa shape index (κ3) is 2.53. The average Bonchev–Trinajstić information content (AvgIpc) is 2.57. The molecule has 90 valence electrons. The van der Waals surface area contributed by atoms with Crippen LogP contribution in [0.2, 0.25) is 0 Å². The second kappa shape index (κ2) is 4.69. The Balaban J connectivity index is 0.00000128. The Morgan fingerprint density at radius 2 is 2.25 bits per heavy atom. The van der Waals surface area contributed by atoms with Crippen LogP contribution >= 0.6 is 15.9 Å².